The molecule has 1 aromatic carbocycles. The van der Waals surface area contributed by atoms with Gasteiger partial charge in [-0.15, -0.1) is 0 Å². The van der Waals surface area contributed by atoms with Crippen LogP contribution in [0.25, 0.3) is 0 Å². The predicted molar refractivity (Wildman–Crippen MR) is 47.8 cm³/mol. The summed E-state index contributed by atoms with van der Waals surface area (Å²) in [5, 5.41) is 8.38. The average Bonchev–Trinajstić information content (AvgIpc) is 2.06. The summed E-state index contributed by atoms with van der Waals surface area (Å²) in [5.41, 5.74) is 6.26. The molecule has 4 heteroatoms. The van der Waals surface area contributed by atoms with Gasteiger partial charge < -0.3 is 5.73 Å². The van der Waals surface area contributed by atoms with E-state index in [4.69, 9.17) is 11.0 Å². The van der Waals surface area contributed by atoms with Crippen LogP contribution < -0.4 is 5.73 Å². The van der Waals surface area contributed by atoms with Gasteiger partial charge in [-0.2, -0.15) is 5.26 Å². The summed E-state index contributed by atoms with van der Waals surface area (Å²) in [6, 6.07) is 4.58. The molecule has 0 aliphatic carbocycles. The number of hydrogen-bond acceptors (Lipinski definition) is 2. The van der Waals surface area contributed by atoms with Crippen LogP contribution in [0.3, 0.4) is 0 Å². The van der Waals surface area contributed by atoms with E-state index in [1.807, 2.05) is 6.07 Å². The minimum atomic E-state index is -0.405. The van der Waals surface area contributed by atoms with Gasteiger partial charge in [0, 0.05) is 15.7 Å². The first-order chi connectivity index (χ1) is 5.66. The van der Waals surface area contributed by atoms with Crippen molar-refractivity contribution >= 4 is 21.6 Å². The maximum atomic E-state index is 13.0. The van der Waals surface area contributed by atoms with Gasteiger partial charge in [0.1, 0.15) is 5.82 Å². The molecule has 0 aliphatic heterocycles. The third-order valence-corrected chi connectivity index (χ3v) is 2.41. The normalized spacial score (nSPS) is 9.42. The third kappa shape index (κ3) is 1.56. The Labute approximate surface area is 77.9 Å². The van der Waals surface area contributed by atoms with Gasteiger partial charge in [-0.1, -0.05) is 0 Å². The van der Waals surface area contributed by atoms with Crippen molar-refractivity contribution in [2.75, 3.05) is 5.73 Å². The van der Waals surface area contributed by atoms with Crippen molar-refractivity contribution in [1.82, 2.24) is 0 Å². The van der Waals surface area contributed by atoms with Crippen LogP contribution in [-0.4, -0.2) is 0 Å². The zero-order chi connectivity index (χ0) is 9.14. The van der Waals surface area contributed by atoms with E-state index in [9.17, 15) is 4.39 Å². The Morgan fingerprint density at radius 3 is 2.83 bits per heavy atom. The highest BCUT2D eigenvalue weighted by molar-refractivity contribution is 9.10. The van der Waals surface area contributed by atoms with Crippen molar-refractivity contribution in [1.29, 1.82) is 5.26 Å². The third-order valence-electron chi connectivity index (χ3n) is 1.47. The van der Waals surface area contributed by atoms with Crippen LogP contribution >= 0.6 is 15.9 Å². The first-order valence-corrected chi connectivity index (χ1v) is 4.05. The molecule has 1 aromatic rings. The van der Waals surface area contributed by atoms with E-state index >= 15 is 0 Å². The molecule has 0 radical (unpaired) electrons. The molecule has 0 saturated heterocycles. The zero-order valence-electron chi connectivity index (χ0n) is 6.14. The quantitative estimate of drug-likeness (QED) is 0.750. The molecule has 0 amide bonds. The van der Waals surface area contributed by atoms with E-state index in [2.05, 4.69) is 15.9 Å². The van der Waals surface area contributed by atoms with Gasteiger partial charge in [-0.05, 0) is 28.1 Å². The van der Waals surface area contributed by atoms with Crippen LogP contribution in [0.15, 0.2) is 16.6 Å². The molecule has 0 heterocycles. The summed E-state index contributed by atoms with van der Waals surface area (Å²) < 4.78 is 13.5. The molecule has 2 nitrogen and oxygen atoms in total. The van der Waals surface area contributed by atoms with E-state index in [0.29, 0.717) is 15.7 Å². The van der Waals surface area contributed by atoms with Gasteiger partial charge in [0.25, 0.3) is 0 Å². The van der Waals surface area contributed by atoms with E-state index in [-0.39, 0.29) is 6.42 Å². The Balaban J connectivity index is 3.25. The standard InChI is InChI=1S/C8H6BrFN2/c9-8-5(3-4-11)6(10)1-2-7(8)12/h1-2H,3,12H2. The minimum absolute atomic E-state index is 0.0253. The van der Waals surface area contributed by atoms with Gasteiger partial charge in [0.15, 0.2) is 0 Å². The number of halogens is 2. The van der Waals surface area contributed by atoms with Crippen LogP contribution in [0.1, 0.15) is 5.56 Å². The van der Waals surface area contributed by atoms with Gasteiger partial charge in [0.05, 0.1) is 12.5 Å². The fourth-order valence-corrected chi connectivity index (χ4v) is 1.32. The number of nitrogen functional groups attached to an aromatic ring is 1. The van der Waals surface area contributed by atoms with Crippen LogP contribution in [0.5, 0.6) is 0 Å². The summed E-state index contributed by atoms with van der Waals surface area (Å²) in [6.45, 7) is 0. The Bertz CT molecular complexity index is 344. The lowest BCUT2D eigenvalue weighted by Gasteiger charge is -2.03. The predicted octanol–water partition coefficient (Wildman–Crippen LogP) is 2.24. The van der Waals surface area contributed by atoms with Gasteiger partial charge in [-0.25, -0.2) is 4.39 Å². The number of nitrogens with zero attached hydrogens (tertiary/aromatic N) is 1. The second-order valence-electron chi connectivity index (χ2n) is 2.26. The number of hydrogen-bond donors (Lipinski definition) is 1. The molecule has 0 atom stereocenters. The van der Waals surface area contributed by atoms with E-state index < -0.39 is 5.82 Å². The molecule has 0 aromatic heterocycles. The number of rotatable bonds is 1. The number of nitrogens with two attached hydrogens (primary N) is 1. The first-order valence-electron chi connectivity index (χ1n) is 3.26. The van der Waals surface area contributed by atoms with Crippen LogP contribution in [0.2, 0.25) is 0 Å². The molecule has 2 N–H and O–H groups in total. The lowest BCUT2D eigenvalue weighted by molar-refractivity contribution is 0.614. The largest absolute Gasteiger partial charge is 0.398 e. The summed E-state index contributed by atoms with van der Waals surface area (Å²) in [6.07, 6.45) is 0.0253. The second-order valence-corrected chi connectivity index (χ2v) is 3.06. The minimum Gasteiger partial charge on any atom is -0.398 e. The fraction of sp³-hybridized carbons (Fsp3) is 0.125. The number of benzene rings is 1. The van der Waals surface area contributed by atoms with E-state index in [0.717, 1.165) is 0 Å². The molecular formula is C8H6BrFN2. The Kier molecular flexibility index (Phi) is 2.66. The van der Waals surface area contributed by atoms with E-state index in [1.54, 1.807) is 0 Å². The smallest absolute Gasteiger partial charge is 0.128 e. The molecule has 0 spiro atoms. The van der Waals surface area contributed by atoms with Crippen molar-refractivity contribution in [2.45, 2.75) is 6.42 Å². The molecular weight excluding hydrogens is 223 g/mol. The van der Waals surface area contributed by atoms with Crippen molar-refractivity contribution < 1.29 is 4.39 Å². The molecule has 0 aliphatic rings. The summed E-state index contributed by atoms with van der Waals surface area (Å²) in [7, 11) is 0. The number of nitriles is 1. The molecule has 12 heavy (non-hydrogen) atoms. The molecule has 0 unspecified atom stereocenters. The van der Waals surface area contributed by atoms with Crippen molar-refractivity contribution in [2.24, 2.45) is 0 Å². The highest BCUT2D eigenvalue weighted by atomic mass is 79.9. The Morgan fingerprint density at radius 1 is 1.58 bits per heavy atom. The Morgan fingerprint density at radius 2 is 2.25 bits per heavy atom. The lowest BCUT2D eigenvalue weighted by atomic mass is 10.1. The van der Waals surface area contributed by atoms with Crippen molar-refractivity contribution in [3.05, 3.63) is 28.0 Å². The van der Waals surface area contributed by atoms with Crippen molar-refractivity contribution in [3.8, 4) is 6.07 Å². The highest BCUT2D eigenvalue weighted by Crippen LogP contribution is 2.26. The van der Waals surface area contributed by atoms with E-state index in [1.165, 1.54) is 12.1 Å². The first kappa shape index (κ1) is 9.01. The molecule has 62 valence electrons. The van der Waals surface area contributed by atoms with Gasteiger partial charge in [-0.3, -0.25) is 0 Å². The van der Waals surface area contributed by atoms with Crippen LogP contribution in [0.4, 0.5) is 10.1 Å². The second kappa shape index (κ2) is 3.55. The van der Waals surface area contributed by atoms with Gasteiger partial charge in [0.2, 0.25) is 0 Å². The fourth-order valence-electron chi connectivity index (χ4n) is 0.857. The monoisotopic (exact) mass is 228 g/mol. The SMILES string of the molecule is N#CCc1c(F)ccc(N)c1Br. The molecule has 0 fully saturated rings. The zero-order valence-corrected chi connectivity index (χ0v) is 7.73. The number of anilines is 1. The molecule has 0 saturated carbocycles. The maximum absolute atomic E-state index is 13.0. The van der Waals surface area contributed by atoms with Crippen LogP contribution in [-0.2, 0) is 6.42 Å². The molecule has 0 bridgehead atoms. The highest BCUT2D eigenvalue weighted by Gasteiger charge is 2.08. The summed E-state index contributed by atoms with van der Waals surface area (Å²) >= 11 is 3.12. The topological polar surface area (TPSA) is 49.8 Å². The average molecular weight is 229 g/mol. The summed E-state index contributed by atoms with van der Waals surface area (Å²) in [5.74, 6) is -0.405. The molecule has 1 rings (SSSR count). The Hall–Kier alpha value is -1.08. The van der Waals surface area contributed by atoms with Gasteiger partial charge >= 0.3 is 0 Å². The summed E-state index contributed by atoms with van der Waals surface area (Å²) in [4.78, 5) is 0. The lowest BCUT2D eigenvalue weighted by Crippen LogP contribution is -1.95. The van der Waals surface area contributed by atoms with Crippen molar-refractivity contribution in [3.63, 3.8) is 0 Å². The maximum Gasteiger partial charge on any atom is 0.128 e. The van der Waals surface area contributed by atoms with Crippen LogP contribution in [0, 0.1) is 17.1 Å².